The van der Waals surface area contributed by atoms with Crippen LogP contribution in [0.4, 0.5) is 0 Å². The zero-order chi connectivity index (χ0) is 11.7. The summed E-state index contributed by atoms with van der Waals surface area (Å²) in [6.45, 7) is 0. The van der Waals surface area contributed by atoms with E-state index in [4.69, 9.17) is 11.6 Å². The number of H-pyrrole nitrogens is 1. The fraction of sp³-hybridized carbons (Fsp3) is 0. The lowest BCUT2D eigenvalue weighted by Crippen LogP contribution is -1.83. The smallest absolute Gasteiger partial charge is 0.144 e. The summed E-state index contributed by atoms with van der Waals surface area (Å²) in [5.74, 6) is 0. The van der Waals surface area contributed by atoms with Crippen LogP contribution in [0.25, 0.3) is 10.9 Å². The van der Waals surface area contributed by atoms with Gasteiger partial charge in [-0.1, -0.05) is 22.9 Å². The zero-order valence-corrected chi connectivity index (χ0v) is 10.2. The molecule has 0 aliphatic rings. The van der Waals surface area contributed by atoms with Crippen molar-refractivity contribution in [3.05, 3.63) is 41.6 Å². The van der Waals surface area contributed by atoms with E-state index in [1.54, 1.807) is 6.20 Å². The average Bonchev–Trinajstić information content (AvgIpc) is 2.82. The number of pyridine rings is 1. The summed E-state index contributed by atoms with van der Waals surface area (Å²) in [5.41, 5.74) is 0.919. The summed E-state index contributed by atoms with van der Waals surface area (Å²) in [4.78, 5) is 4.51. The maximum atomic E-state index is 5.92. The third-order valence-electron chi connectivity index (χ3n) is 2.23. The van der Waals surface area contributed by atoms with E-state index in [1.165, 1.54) is 11.8 Å². The molecule has 6 heteroatoms. The van der Waals surface area contributed by atoms with Crippen molar-refractivity contribution < 1.29 is 0 Å². The van der Waals surface area contributed by atoms with Gasteiger partial charge in [-0.2, -0.15) is 0 Å². The van der Waals surface area contributed by atoms with Gasteiger partial charge in [0.05, 0.1) is 11.7 Å². The molecule has 0 bridgehead atoms. The molecule has 0 atom stereocenters. The Morgan fingerprint density at radius 3 is 2.88 bits per heavy atom. The summed E-state index contributed by atoms with van der Waals surface area (Å²) in [5, 5.41) is 13.6. The normalized spacial score (nSPS) is 10.9. The predicted molar refractivity (Wildman–Crippen MR) is 67.3 cm³/mol. The summed E-state index contributed by atoms with van der Waals surface area (Å²) >= 11 is 7.38. The van der Waals surface area contributed by atoms with Gasteiger partial charge in [0.15, 0.2) is 0 Å². The lowest BCUT2D eigenvalue weighted by Gasteiger charge is -2.00. The monoisotopic (exact) mass is 262 g/mol. The topological polar surface area (TPSA) is 54.5 Å². The van der Waals surface area contributed by atoms with Gasteiger partial charge in [-0.25, -0.2) is 4.98 Å². The molecule has 2 heterocycles. The van der Waals surface area contributed by atoms with Gasteiger partial charge in [-0.3, -0.25) is 5.10 Å². The quantitative estimate of drug-likeness (QED) is 0.771. The Morgan fingerprint density at radius 1 is 1.12 bits per heavy atom. The molecule has 4 nitrogen and oxygen atoms in total. The molecule has 84 valence electrons. The van der Waals surface area contributed by atoms with Crippen LogP contribution in [0.5, 0.6) is 0 Å². The minimum absolute atomic E-state index is 0.719. The first-order chi connectivity index (χ1) is 8.31. The SMILES string of the molecule is Clc1ccc2nc(Sc3c[nH]nn3)ccc2c1. The van der Waals surface area contributed by atoms with E-state index in [2.05, 4.69) is 20.4 Å². The first-order valence-electron chi connectivity index (χ1n) is 4.92. The van der Waals surface area contributed by atoms with Crippen LogP contribution in [0.2, 0.25) is 5.02 Å². The van der Waals surface area contributed by atoms with Gasteiger partial charge in [-0.15, -0.1) is 5.10 Å². The second-order valence-electron chi connectivity index (χ2n) is 3.40. The molecule has 0 amide bonds. The zero-order valence-electron chi connectivity index (χ0n) is 8.59. The maximum Gasteiger partial charge on any atom is 0.144 e. The van der Waals surface area contributed by atoms with E-state index in [-0.39, 0.29) is 0 Å². The number of fused-ring (bicyclic) bond motifs is 1. The van der Waals surface area contributed by atoms with Gasteiger partial charge in [0.2, 0.25) is 0 Å². The number of nitrogens with one attached hydrogen (secondary N) is 1. The van der Waals surface area contributed by atoms with Gasteiger partial charge in [0, 0.05) is 10.4 Å². The summed E-state index contributed by atoms with van der Waals surface area (Å²) in [6, 6.07) is 9.58. The maximum absolute atomic E-state index is 5.92. The van der Waals surface area contributed by atoms with E-state index in [1.807, 2.05) is 30.3 Å². The van der Waals surface area contributed by atoms with Crippen molar-refractivity contribution in [3.63, 3.8) is 0 Å². The lowest BCUT2D eigenvalue weighted by molar-refractivity contribution is 0.910. The molecule has 0 aliphatic carbocycles. The number of benzene rings is 1. The van der Waals surface area contributed by atoms with Crippen molar-refractivity contribution in [1.29, 1.82) is 0 Å². The van der Waals surface area contributed by atoms with E-state index < -0.39 is 0 Å². The highest BCUT2D eigenvalue weighted by molar-refractivity contribution is 7.99. The minimum Gasteiger partial charge on any atom is -0.264 e. The molecule has 0 unspecified atom stereocenters. The number of halogens is 1. The van der Waals surface area contributed by atoms with Gasteiger partial charge in [0.1, 0.15) is 10.1 Å². The van der Waals surface area contributed by atoms with Crippen LogP contribution >= 0.6 is 23.4 Å². The summed E-state index contributed by atoms with van der Waals surface area (Å²) in [7, 11) is 0. The van der Waals surface area contributed by atoms with Gasteiger partial charge in [0.25, 0.3) is 0 Å². The highest BCUT2D eigenvalue weighted by Gasteiger charge is 2.03. The lowest BCUT2D eigenvalue weighted by atomic mass is 10.2. The highest BCUT2D eigenvalue weighted by Crippen LogP contribution is 2.26. The van der Waals surface area contributed by atoms with Gasteiger partial charge < -0.3 is 0 Å². The average molecular weight is 263 g/mol. The molecule has 0 spiro atoms. The number of hydrogen-bond donors (Lipinski definition) is 1. The Balaban J connectivity index is 1.99. The Bertz CT molecular complexity index is 654. The van der Waals surface area contributed by atoms with Crippen molar-refractivity contribution in [3.8, 4) is 0 Å². The molecule has 0 saturated carbocycles. The number of hydrogen-bond acceptors (Lipinski definition) is 4. The van der Waals surface area contributed by atoms with Crippen LogP contribution in [0.3, 0.4) is 0 Å². The molecule has 1 aromatic carbocycles. The second kappa shape index (κ2) is 4.35. The molecule has 0 fully saturated rings. The number of aromatic amines is 1. The molecule has 3 rings (SSSR count). The standard InChI is InChI=1S/C11H7ClN4S/c12-8-2-3-9-7(5-8)1-4-10(14-9)17-11-6-13-16-15-11/h1-6H,(H,13,15,16). The van der Waals surface area contributed by atoms with Gasteiger partial charge in [-0.05, 0) is 36.0 Å². The van der Waals surface area contributed by atoms with Crippen LogP contribution in [0, 0.1) is 0 Å². The Labute approximate surface area is 106 Å². The molecule has 0 saturated heterocycles. The molecule has 3 aromatic rings. The fourth-order valence-electron chi connectivity index (χ4n) is 1.48. The van der Waals surface area contributed by atoms with Crippen molar-refractivity contribution in [2.75, 3.05) is 0 Å². The minimum atomic E-state index is 0.719. The van der Waals surface area contributed by atoms with Gasteiger partial charge >= 0.3 is 0 Å². The molecule has 1 N–H and O–H groups in total. The number of nitrogens with zero attached hydrogens (tertiary/aromatic N) is 3. The van der Waals surface area contributed by atoms with Crippen LogP contribution in [0.1, 0.15) is 0 Å². The second-order valence-corrected chi connectivity index (χ2v) is 4.88. The summed E-state index contributed by atoms with van der Waals surface area (Å²) < 4.78 is 0. The van der Waals surface area contributed by atoms with E-state index in [0.717, 1.165) is 26.0 Å². The molecule has 17 heavy (non-hydrogen) atoms. The third kappa shape index (κ3) is 2.25. The largest absolute Gasteiger partial charge is 0.264 e. The van der Waals surface area contributed by atoms with Crippen molar-refractivity contribution >= 4 is 34.3 Å². The molecule has 0 aliphatic heterocycles. The number of aromatic nitrogens is 4. The Kier molecular flexibility index (Phi) is 2.70. The number of rotatable bonds is 2. The fourth-order valence-corrected chi connectivity index (χ4v) is 2.35. The van der Waals surface area contributed by atoms with Crippen molar-refractivity contribution in [2.24, 2.45) is 0 Å². The van der Waals surface area contributed by atoms with E-state index >= 15 is 0 Å². The first kappa shape index (κ1) is 10.6. The Morgan fingerprint density at radius 2 is 2.06 bits per heavy atom. The van der Waals surface area contributed by atoms with Crippen molar-refractivity contribution in [1.82, 2.24) is 20.4 Å². The molecular weight excluding hydrogens is 256 g/mol. The molecule has 2 aromatic heterocycles. The van der Waals surface area contributed by atoms with E-state index in [9.17, 15) is 0 Å². The molecule has 0 radical (unpaired) electrons. The highest BCUT2D eigenvalue weighted by atomic mass is 35.5. The van der Waals surface area contributed by atoms with Crippen LogP contribution < -0.4 is 0 Å². The first-order valence-corrected chi connectivity index (χ1v) is 6.11. The summed E-state index contributed by atoms with van der Waals surface area (Å²) in [6.07, 6.45) is 1.73. The van der Waals surface area contributed by atoms with Crippen molar-refractivity contribution in [2.45, 2.75) is 10.1 Å². The molecular formula is C11H7ClN4S. The Hall–Kier alpha value is -1.59. The van der Waals surface area contributed by atoms with Crippen LogP contribution in [-0.4, -0.2) is 20.4 Å². The third-order valence-corrected chi connectivity index (χ3v) is 3.31. The van der Waals surface area contributed by atoms with E-state index in [0.29, 0.717) is 0 Å². The van der Waals surface area contributed by atoms with Crippen LogP contribution in [-0.2, 0) is 0 Å². The van der Waals surface area contributed by atoms with Crippen LogP contribution in [0.15, 0.2) is 46.6 Å². The predicted octanol–water partition coefficient (Wildman–Crippen LogP) is 3.16.